The highest BCUT2D eigenvalue weighted by Gasteiger charge is 2.19. The van der Waals surface area contributed by atoms with Crippen LogP contribution in [0.1, 0.15) is 0 Å². The number of aryl methyl sites for hydroxylation is 1. The summed E-state index contributed by atoms with van der Waals surface area (Å²) in [6.45, 7) is -0.0583. The van der Waals surface area contributed by atoms with Crippen LogP contribution in [0.25, 0.3) is 0 Å². The number of carbonyl (C=O) groups excluding carboxylic acids is 2. The second-order valence-electron chi connectivity index (χ2n) is 3.20. The summed E-state index contributed by atoms with van der Waals surface area (Å²) in [6, 6.07) is -0.277. The summed E-state index contributed by atoms with van der Waals surface area (Å²) in [6.07, 6.45) is 4.98. The quantitative estimate of drug-likeness (QED) is 0.485. The Kier molecular flexibility index (Phi) is 3.43. The van der Waals surface area contributed by atoms with E-state index in [1.807, 2.05) is 7.05 Å². The second-order valence-corrected chi connectivity index (χ2v) is 3.20. The number of esters is 1. The van der Waals surface area contributed by atoms with Gasteiger partial charge in [-0.15, -0.1) is 0 Å². The maximum absolute atomic E-state index is 11.7. The lowest BCUT2D eigenvalue weighted by Gasteiger charge is -2.11. The number of methoxy groups -OCH3 is 1. The summed E-state index contributed by atoms with van der Waals surface area (Å²) in [4.78, 5) is 23.9. The Morgan fingerprint density at radius 3 is 2.67 bits per heavy atom. The number of likely N-dealkylation sites (N-methyl/N-ethyl adjacent to an activating group) is 1. The Bertz CT molecular complexity index is 372. The van der Waals surface area contributed by atoms with E-state index < -0.39 is 5.97 Å². The summed E-state index contributed by atoms with van der Waals surface area (Å²) in [5, 5.41) is 0. The molecule has 0 aromatic carbocycles. The predicted octanol–water partition coefficient (Wildman–Crippen LogP) is -0.614. The number of ether oxygens (including phenoxy) is 1. The zero-order valence-electron chi connectivity index (χ0n) is 9.01. The Morgan fingerprint density at radius 2 is 2.20 bits per heavy atom. The number of imidazole rings is 1. The maximum Gasteiger partial charge on any atom is 0.416 e. The number of carbonyl (C=O) groups is 2. The van der Waals surface area contributed by atoms with Crippen LogP contribution in [0.4, 0.5) is 4.79 Å². The molecule has 0 saturated heterocycles. The number of aromatic nitrogens is 2. The van der Waals surface area contributed by atoms with Gasteiger partial charge in [0.2, 0.25) is 0 Å². The zero-order chi connectivity index (χ0) is 11.4. The number of nitrogens with zero attached hydrogens (tertiary/aromatic N) is 3. The number of hydrogen-bond acceptors (Lipinski definition) is 3. The van der Waals surface area contributed by atoms with Crippen molar-refractivity contribution in [2.75, 3.05) is 20.7 Å². The van der Waals surface area contributed by atoms with E-state index in [-0.39, 0.29) is 12.6 Å². The Balaban J connectivity index is 2.64. The fourth-order valence-electron chi connectivity index (χ4n) is 1.09. The number of hydrogen-bond donors (Lipinski definition) is 0. The number of rotatable bonds is 2. The average Bonchev–Trinajstić information content (AvgIpc) is 2.63. The van der Waals surface area contributed by atoms with E-state index in [0.29, 0.717) is 0 Å². The molecule has 0 aliphatic carbocycles. The molecule has 0 radical (unpaired) electrons. The fourth-order valence-corrected chi connectivity index (χ4v) is 1.09. The molecular formula is C9H14N3O3+. The van der Waals surface area contributed by atoms with Crippen LogP contribution in [-0.4, -0.2) is 42.2 Å². The highest BCUT2D eigenvalue weighted by Crippen LogP contribution is 1.92. The molecule has 0 aliphatic heterocycles. The van der Waals surface area contributed by atoms with Crippen LogP contribution in [0.2, 0.25) is 0 Å². The molecule has 15 heavy (non-hydrogen) atoms. The van der Waals surface area contributed by atoms with E-state index in [4.69, 9.17) is 0 Å². The molecule has 1 aromatic rings. The monoisotopic (exact) mass is 212 g/mol. The van der Waals surface area contributed by atoms with Crippen LogP contribution in [0.3, 0.4) is 0 Å². The molecular weight excluding hydrogens is 198 g/mol. The van der Waals surface area contributed by atoms with Crippen molar-refractivity contribution < 1.29 is 18.9 Å². The van der Waals surface area contributed by atoms with E-state index in [1.54, 1.807) is 30.3 Å². The molecule has 6 nitrogen and oxygen atoms in total. The lowest BCUT2D eigenvalue weighted by atomic mass is 10.6. The van der Waals surface area contributed by atoms with Crippen molar-refractivity contribution in [3.05, 3.63) is 18.7 Å². The van der Waals surface area contributed by atoms with Crippen LogP contribution in [0.15, 0.2) is 18.7 Å². The van der Waals surface area contributed by atoms with Gasteiger partial charge in [0.05, 0.1) is 14.2 Å². The Labute approximate surface area is 87.7 Å². The van der Waals surface area contributed by atoms with E-state index >= 15 is 0 Å². The fraction of sp³-hybridized carbons (Fsp3) is 0.444. The van der Waals surface area contributed by atoms with Crippen LogP contribution in [-0.2, 0) is 16.6 Å². The van der Waals surface area contributed by atoms with Gasteiger partial charge in [-0.05, 0) is 0 Å². The van der Waals surface area contributed by atoms with E-state index in [2.05, 4.69) is 4.74 Å². The molecule has 0 N–H and O–H groups in total. The summed E-state index contributed by atoms with van der Waals surface area (Å²) >= 11 is 0. The molecule has 1 heterocycles. The number of amides is 1. The second kappa shape index (κ2) is 4.59. The van der Waals surface area contributed by atoms with Gasteiger partial charge in [0.15, 0.2) is 0 Å². The normalized spacial score (nSPS) is 9.80. The van der Waals surface area contributed by atoms with Crippen molar-refractivity contribution in [3.8, 4) is 0 Å². The molecule has 0 aliphatic rings. The summed E-state index contributed by atoms with van der Waals surface area (Å²) in [5.74, 6) is -0.442. The van der Waals surface area contributed by atoms with Gasteiger partial charge < -0.3 is 4.74 Å². The predicted molar refractivity (Wildman–Crippen MR) is 51.0 cm³/mol. The smallest absolute Gasteiger partial charge is 0.416 e. The first-order valence-corrected chi connectivity index (χ1v) is 4.40. The summed E-state index contributed by atoms with van der Waals surface area (Å²) in [5.41, 5.74) is 0. The van der Waals surface area contributed by atoms with Crippen LogP contribution < -0.4 is 4.57 Å². The van der Waals surface area contributed by atoms with Gasteiger partial charge in [0.1, 0.15) is 18.9 Å². The third-order valence-electron chi connectivity index (χ3n) is 1.91. The zero-order valence-corrected chi connectivity index (χ0v) is 9.01. The van der Waals surface area contributed by atoms with Crippen molar-refractivity contribution in [3.63, 3.8) is 0 Å². The molecule has 0 saturated carbocycles. The van der Waals surface area contributed by atoms with Gasteiger partial charge >= 0.3 is 12.0 Å². The van der Waals surface area contributed by atoms with Gasteiger partial charge in [-0.25, -0.2) is 9.36 Å². The van der Waals surface area contributed by atoms with Crippen molar-refractivity contribution in [2.24, 2.45) is 7.05 Å². The van der Waals surface area contributed by atoms with Crippen molar-refractivity contribution in [2.45, 2.75) is 0 Å². The van der Waals surface area contributed by atoms with Crippen LogP contribution >= 0.6 is 0 Å². The minimum atomic E-state index is -0.442. The van der Waals surface area contributed by atoms with Crippen molar-refractivity contribution in [1.82, 2.24) is 9.47 Å². The lowest BCUT2D eigenvalue weighted by Crippen LogP contribution is -2.36. The van der Waals surface area contributed by atoms with E-state index in [0.717, 1.165) is 0 Å². The molecule has 6 heteroatoms. The molecule has 1 aromatic heterocycles. The van der Waals surface area contributed by atoms with Gasteiger partial charge in [0, 0.05) is 7.05 Å². The standard InChI is InChI=1S/C9H14N3O3/c1-10-4-5-12(7-10)9(14)11(2)6-8(13)15-3/h4-5,7H,6H2,1-3H3/q+1. The molecule has 1 rings (SSSR count). The summed E-state index contributed by atoms with van der Waals surface area (Å²) in [7, 11) is 4.64. The molecule has 1 amide bonds. The first-order chi connectivity index (χ1) is 7.04. The van der Waals surface area contributed by atoms with Gasteiger partial charge in [0.25, 0.3) is 6.33 Å². The lowest BCUT2D eigenvalue weighted by molar-refractivity contribution is -0.670. The molecule has 0 spiro atoms. The highest BCUT2D eigenvalue weighted by molar-refractivity contribution is 5.81. The average molecular weight is 212 g/mol. The van der Waals surface area contributed by atoms with E-state index in [1.165, 1.54) is 16.6 Å². The molecule has 0 fully saturated rings. The molecule has 0 unspecified atom stereocenters. The van der Waals surface area contributed by atoms with Gasteiger partial charge in [-0.2, -0.15) is 4.57 Å². The minimum Gasteiger partial charge on any atom is -0.468 e. The van der Waals surface area contributed by atoms with E-state index in [9.17, 15) is 9.59 Å². The third kappa shape index (κ3) is 2.80. The third-order valence-corrected chi connectivity index (χ3v) is 1.91. The maximum atomic E-state index is 11.7. The van der Waals surface area contributed by atoms with Gasteiger partial charge in [-0.3, -0.25) is 9.69 Å². The Hall–Kier alpha value is -1.85. The van der Waals surface area contributed by atoms with Crippen molar-refractivity contribution in [1.29, 1.82) is 0 Å². The Morgan fingerprint density at radius 1 is 1.53 bits per heavy atom. The first kappa shape index (κ1) is 11.2. The molecule has 0 bridgehead atoms. The van der Waals surface area contributed by atoms with Crippen molar-refractivity contribution >= 4 is 12.0 Å². The van der Waals surface area contributed by atoms with Gasteiger partial charge in [-0.1, -0.05) is 0 Å². The minimum absolute atomic E-state index is 0.0583. The molecule has 82 valence electrons. The topological polar surface area (TPSA) is 55.4 Å². The summed E-state index contributed by atoms with van der Waals surface area (Å²) < 4.78 is 7.60. The molecule has 0 atom stereocenters. The largest absolute Gasteiger partial charge is 0.468 e. The first-order valence-electron chi connectivity index (χ1n) is 4.40. The SMILES string of the molecule is COC(=O)CN(C)C(=O)n1cc[n+](C)c1. The van der Waals surface area contributed by atoms with Crippen LogP contribution in [0.5, 0.6) is 0 Å². The van der Waals surface area contributed by atoms with Crippen LogP contribution in [0, 0.1) is 0 Å². The highest BCUT2D eigenvalue weighted by atomic mass is 16.5.